The monoisotopic (exact) mass is 240 g/mol. The lowest BCUT2D eigenvalue weighted by molar-refractivity contribution is -0.122. The van der Waals surface area contributed by atoms with Crippen molar-refractivity contribution in [3.05, 3.63) is 0 Å². The Bertz CT molecular complexity index is 236. The average Bonchev–Trinajstić information content (AvgIpc) is 3.14. The summed E-state index contributed by atoms with van der Waals surface area (Å²) in [6.07, 6.45) is 5.68. The van der Waals surface area contributed by atoms with Crippen molar-refractivity contribution in [2.24, 2.45) is 11.8 Å². The maximum absolute atomic E-state index is 11.6. The molecule has 2 aliphatic rings. The first-order valence-electron chi connectivity index (χ1n) is 6.90. The van der Waals surface area contributed by atoms with Gasteiger partial charge in [0.05, 0.1) is 6.61 Å². The fraction of sp³-hybridized carbons (Fsp3) is 0.923. The maximum Gasteiger partial charge on any atom is 0.220 e. The summed E-state index contributed by atoms with van der Waals surface area (Å²) in [5.41, 5.74) is 0. The van der Waals surface area contributed by atoms with Gasteiger partial charge in [-0.15, -0.1) is 0 Å². The number of carbonyl (C=O) groups is 1. The molecule has 1 amide bonds. The summed E-state index contributed by atoms with van der Waals surface area (Å²) < 4.78 is 5.47. The molecule has 1 aliphatic carbocycles. The van der Waals surface area contributed by atoms with Crippen molar-refractivity contribution in [1.29, 1.82) is 0 Å². The van der Waals surface area contributed by atoms with Gasteiger partial charge in [-0.3, -0.25) is 4.79 Å². The van der Waals surface area contributed by atoms with E-state index in [0.29, 0.717) is 25.5 Å². The average molecular weight is 240 g/mol. The molecular formula is C13H24N2O2. The van der Waals surface area contributed by atoms with Gasteiger partial charge in [0.25, 0.3) is 0 Å². The number of amides is 1. The van der Waals surface area contributed by atoms with Crippen LogP contribution in [-0.4, -0.2) is 38.8 Å². The highest BCUT2D eigenvalue weighted by Crippen LogP contribution is 2.28. The van der Waals surface area contributed by atoms with Gasteiger partial charge in [-0.05, 0) is 50.6 Å². The lowest BCUT2D eigenvalue weighted by atomic mass is 9.96. The van der Waals surface area contributed by atoms with Crippen LogP contribution in [0.3, 0.4) is 0 Å². The van der Waals surface area contributed by atoms with Gasteiger partial charge in [0.1, 0.15) is 0 Å². The van der Waals surface area contributed by atoms with Crippen molar-refractivity contribution >= 4 is 5.91 Å². The number of hydrogen-bond acceptors (Lipinski definition) is 3. The molecule has 2 fully saturated rings. The number of carbonyl (C=O) groups excluding carboxylic acids is 1. The molecule has 98 valence electrons. The zero-order chi connectivity index (χ0) is 11.9. The first-order valence-corrected chi connectivity index (χ1v) is 6.90. The molecule has 2 rings (SSSR count). The summed E-state index contributed by atoms with van der Waals surface area (Å²) in [6.45, 7) is 4.29. The minimum Gasteiger partial charge on any atom is -0.379 e. The summed E-state index contributed by atoms with van der Waals surface area (Å²) >= 11 is 0. The predicted molar refractivity (Wildman–Crippen MR) is 66.8 cm³/mol. The second kappa shape index (κ2) is 6.97. The van der Waals surface area contributed by atoms with E-state index in [-0.39, 0.29) is 5.91 Å². The highest BCUT2D eigenvalue weighted by molar-refractivity contribution is 5.76. The molecule has 4 nitrogen and oxygen atoms in total. The molecular weight excluding hydrogens is 216 g/mol. The SMILES string of the molecule is O=C(CC1CCCNC1)NCCOCC1CC1. The van der Waals surface area contributed by atoms with Gasteiger partial charge in [-0.1, -0.05) is 0 Å². The number of piperidine rings is 1. The first kappa shape index (κ1) is 12.8. The minimum absolute atomic E-state index is 0.175. The fourth-order valence-corrected chi connectivity index (χ4v) is 2.23. The summed E-state index contributed by atoms with van der Waals surface area (Å²) in [7, 11) is 0. The highest BCUT2D eigenvalue weighted by atomic mass is 16.5. The summed E-state index contributed by atoms with van der Waals surface area (Å²) in [4.78, 5) is 11.6. The van der Waals surface area contributed by atoms with E-state index in [4.69, 9.17) is 4.74 Å². The number of ether oxygens (including phenoxy) is 1. The predicted octanol–water partition coefficient (Wildman–Crippen LogP) is 0.919. The van der Waals surface area contributed by atoms with Crippen molar-refractivity contribution in [3.8, 4) is 0 Å². The quantitative estimate of drug-likeness (QED) is 0.651. The van der Waals surface area contributed by atoms with Crippen molar-refractivity contribution in [3.63, 3.8) is 0 Å². The standard InChI is InChI=1S/C13H24N2O2/c16-13(8-12-2-1-5-14-9-12)15-6-7-17-10-11-3-4-11/h11-12,14H,1-10H2,(H,15,16). The first-order chi connectivity index (χ1) is 8.34. The van der Waals surface area contributed by atoms with E-state index in [1.807, 2.05) is 0 Å². The van der Waals surface area contributed by atoms with E-state index in [2.05, 4.69) is 10.6 Å². The highest BCUT2D eigenvalue weighted by Gasteiger charge is 2.21. The Morgan fingerprint density at radius 1 is 1.29 bits per heavy atom. The summed E-state index contributed by atoms with van der Waals surface area (Å²) in [6, 6.07) is 0. The van der Waals surface area contributed by atoms with Crippen LogP contribution in [0.4, 0.5) is 0 Å². The zero-order valence-corrected chi connectivity index (χ0v) is 10.5. The smallest absolute Gasteiger partial charge is 0.220 e. The van der Waals surface area contributed by atoms with E-state index in [1.165, 1.54) is 25.7 Å². The molecule has 0 spiro atoms. The van der Waals surface area contributed by atoms with Crippen LogP contribution in [0.2, 0.25) is 0 Å². The largest absolute Gasteiger partial charge is 0.379 e. The third-order valence-electron chi connectivity index (χ3n) is 3.49. The Labute approximate surface area is 103 Å². The molecule has 1 unspecified atom stereocenters. The molecule has 17 heavy (non-hydrogen) atoms. The van der Waals surface area contributed by atoms with E-state index < -0.39 is 0 Å². The van der Waals surface area contributed by atoms with Crippen molar-refractivity contribution in [2.45, 2.75) is 32.1 Å². The third kappa shape index (κ3) is 5.50. The van der Waals surface area contributed by atoms with Crippen LogP contribution in [0.1, 0.15) is 32.1 Å². The van der Waals surface area contributed by atoms with E-state index >= 15 is 0 Å². The van der Waals surface area contributed by atoms with Crippen LogP contribution >= 0.6 is 0 Å². The summed E-state index contributed by atoms with van der Waals surface area (Å²) in [5.74, 6) is 1.50. The van der Waals surface area contributed by atoms with Gasteiger partial charge >= 0.3 is 0 Å². The van der Waals surface area contributed by atoms with Crippen LogP contribution in [-0.2, 0) is 9.53 Å². The Morgan fingerprint density at radius 3 is 2.88 bits per heavy atom. The van der Waals surface area contributed by atoms with Gasteiger partial charge in [0.2, 0.25) is 5.91 Å². The van der Waals surface area contributed by atoms with Crippen LogP contribution in [0.25, 0.3) is 0 Å². The van der Waals surface area contributed by atoms with E-state index in [1.54, 1.807) is 0 Å². The number of rotatable bonds is 7. The minimum atomic E-state index is 0.175. The maximum atomic E-state index is 11.6. The van der Waals surface area contributed by atoms with Gasteiger partial charge in [-0.25, -0.2) is 0 Å². The molecule has 0 radical (unpaired) electrons. The van der Waals surface area contributed by atoms with E-state index in [0.717, 1.165) is 25.6 Å². The molecule has 1 aliphatic heterocycles. The van der Waals surface area contributed by atoms with Gasteiger partial charge in [-0.2, -0.15) is 0 Å². The van der Waals surface area contributed by atoms with Crippen molar-refractivity contribution in [1.82, 2.24) is 10.6 Å². The Kier molecular flexibility index (Phi) is 5.26. The molecule has 1 saturated carbocycles. The Balaban J connectivity index is 1.44. The van der Waals surface area contributed by atoms with Crippen molar-refractivity contribution in [2.75, 3.05) is 32.8 Å². The Hall–Kier alpha value is -0.610. The molecule has 4 heteroatoms. The van der Waals surface area contributed by atoms with Crippen LogP contribution in [0, 0.1) is 11.8 Å². The Morgan fingerprint density at radius 2 is 2.18 bits per heavy atom. The van der Waals surface area contributed by atoms with Crippen LogP contribution in [0.5, 0.6) is 0 Å². The molecule has 0 aromatic rings. The normalized spacial score (nSPS) is 24.6. The molecule has 0 bridgehead atoms. The third-order valence-corrected chi connectivity index (χ3v) is 3.49. The lowest BCUT2D eigenvalue weighted by Gasteiger charge is -2.22. The summed E-state index contributed by atoms with van der Waals surface area (Å²) in [5, 5.41) is 6.26. The fourth-order valence-electron chi connectivity index (χ4n) is 2.23. The molecule has 0 aromatic heterocycles. The van der Waals surface area contributed by atoms with Crippen molar-refractivity contribution < 1.29 is 9.53 Å². The molecule has 2 N–H and O–H groups in total. The van der Waals surface area contributed by atoms with Gasteiger partial charge in [0.15, 0.2) is 0 Å². The van der Waals surface area contributed by atoms with Crippen LogP contribution < -0.4 is 10.6 Å². The van der Waals surface area contributed by atoms with Crippen LogP contribution in [0.15, 0.2) is 0 Å². The molecule has 0 aromatic carbocycles. The lowest BCUT2D eigenvalue weighted by Crippen LogP contribution is -2.35. The molecule has 1 saturated heterocycles. The topological polar surface area (TPSA) is 50.4 Å². The number of nitrogens with one attached hydrogen (secondary N) is 2. The number of hydrogen-bond donors (Lipinski definition) is 2. The molecule has 1 heterocycles. The molecule has 1 atom stereocenters. The van der Waals surface area contributed by atoms with Gasteiger partial charge < -0.3 is 15.4 Å². The van der Waals surface area contributed by atoms with Gasteiger partial charge in [0, 0.05) is 19.6 Å². The second-order valence-corrected chi connectivity index (χ2v) is 5.28. The van der Waals surface area contributed by atoms with E-state index in [9.17, 15) is 4.79 Å². The second-order valence-electron chi connectivity index (χ2n) is 5.28. The zero-order valence-electron chi connectivity index (χ0n) is 10.5.